The number of nitrogens with zero attached hydrogens (tertiary/aromatic N) is 1. The Labute approximate surface area is 65.9 Å². The number of carbonyl (C=O) groups excluding carboxylic acids is 1. The molecule has 0 spiro atoms. The third kappa shape index (κ3) is 4.18. The van der Waals surface area contributed by atoms with Gasteiger partial charge in [-0.2, -0.15) is 0 Å². The highest BCUT2D eigenvalue weighted by atomic mass is 35.5. The summed E-state index contributed by atoms with van der Waals surface area (Å²) in [6, 6.07) is 0. The van der Waals surface area contributed by atoms with Gasteiger partial charge in [0.1, 0.15) is 6.54 Å². The summed E-state index contributed by atoms with van der Waals surface area (Å²) in [5.74, 6) is 0.0856. The quantitative estimate of drug-likeness (QED) is 0.531. The molecule has 0 fully saturated rings. The third-order valence-corrected chi connectivity index (χ3v) is 0.721. The van der Waals surface area contributed by atoms with Gasteiger partial charge >= 0.3 is 0 Å². The lowest BCUT2D eigenvalue weighted by molar-refractivity contribution is -0.113. The smallest absolute Gasteiger partial charge is 0.177 e. The predicted octanol–water partition coefficient (Wildman–Crippen LogP) is 1.04. The van der Waals surface area contributed by atoms with E-state index in [1.54, 1.807) is 12.3 Å². The summed E-state index contributed by atoms with van der Waals surface area (Å²) in [5.41, 5.74) is 0. The summed E-state index contributed by atoms with van der Waals surface area (Å²) in [6.07, 6.45) is 4.79. The molecule has 0 saturated carbocycles. The highest BCUT2D eigenvalue weighted by molar-refractivity contribution is 5.98. The molecule has 0 radical (unpaired) electrons. The SMILES string of the molecule is Cl.Cl.O=C1C=CC=NC1. The maximum atomic E-state index is 10.3. The summed E-state index contributed by atoms with van der Waals surface area (Å²) in [7, 11) is 0. The average molecular weight is 168 g/mol. The largest absolute Gasteiger partial charge is 0.293 e. The zero-order valence-electron chi connectivity index (χ0n) is 4.61. The molecule has 1 heterocycles. The van der Waals surface area contributed by atoms with E-state index < -0.39 is 0 Å². The van der Waals surface area contributed by atoms with Crippen LogP contribution >= 0.6 is 24.8 Å². The van der Waals surface area contributed by atoms with Gasteiger partial charge in [0.15, 0.2) is 5.78 Å². The van der Waals surface area contributed by atoms with Crippen LogP contribution in [0.25, 0.3) is 0 Å². The first-order valence-electron chi connectivity index (χ1n) is 2.09. The van der Waals surface area contributed by atoms with Gasteiger partial charge in [0.05, 0.1) is 0 Å². The second-order valence-electron chi connectivity index (χ2n) is 1.32. The molecule has 1 rings (SSSR count). The van der Waals surface area contributed by atoms with Crippen LogP contribution in [-0.4, -0.2) is 18.5 Å². The highest BCUT2D eigenvalue weighted by Gasteiger charge is 1.93. The van der Waals surface area contributed by atoms with Gasteiger partial charge in [0, 0.05) is 6.21 Å². The van der Waals surface area contributed by atoms with Crippen molar-refractivity contribution in [2.24, 2.45) is 4.99 Å². The van der Waals surface area contributed by atoms with Crippen LogP contribution in [0.1, 0.15) is 0 Å². The molecule has 1 aliphatic rings. The van der Waals surface area contributed by atoms with Crippen LogP contribution in [0.15, 0.2) is 17.1 Å². The molecule has 1 aliphatic heterocycles. The van der Waals surface area contributed by atoms with Gasteiger partial charge in [0.2, 0.25) is 0 Å². The number of allylic oxidation sites excluding steroid dienone is 1. The summed E-state index contributed by atoms with van der Waals surface area (Å²) >= 11 is 0. The first-order chi connectivity index (χ1) is 3.39. The van der Waals surface area contributed by atoms with Gasteiger partial charge in [-0.25, -0.2) is 0 Å². The fourth-order valence-corrected chi connectivity index (χ4v) is 0.407. The molecule has 0 aromatic rings. The second-order valence-corrected chi connectivity index (χ2v) is 1.32. The van der Waals surface area contributed by atoms with Crippen molar-refractivity contribution < 1.29 is 4.79 Å². The van der Waals surface area contributed by atoms with Gasteiger partial charge in [0.25, 0.3) is 0 Å². The van der Waals surface area contributed by atoms with Crippen molar-refractivity contribution in [1.29, 1.82) is 0 Å². The lowest BCUT2D eigenvalue weighted by Gasteiger charge is -1.88. The van der Waals surface area contributed by atoms with Crippen LogP contribution in [0.2, 0.25) is 0 Å². The molecule has 52 valence electrons. The van der Waals surface area contributed by atoms with Crippen LogP contribution in [0.4, 0.5) is 0 Å². The van der Waals surface area contributed by atoms with E-state index in [4.69, 9.17) is 0 Å². The molecule has 0 N–H and O–H groups in total. The third-order valence-electron chi connectivity index (χ3n) is 0.721. The van der Waals surface area contributed by atoms with Crippen LogP contribution in [-0.2, 0) is 4.79 Å². The van der Waals surface area contributed by atoms with Gasteiger partial charge in [-0.3, -0.25) is 9.79 Å². The Balaban J connectivity index is 0. The molecule has 0 aliphatic carbocycles. The van der Waals surface area contributed by atoms with Crippen LogP contribution in [0, 0.1) is 0 Å². The van der Waals surface area contributed by atoms with E-state index in [1.807, 2.05) is 0 Å². The maximum Gasteiger partial charge on any atom is 0.177 e. The van der Waals surface area contributed by atoms with Gasteiger partial charge in [-0.1, -0.05) is 0 Å². The minimum atomic E-state index is 0. The van der Waals surface area contributed by atoms with E-state index in [9.17, 15) is 4.79 Å². The highest BCUT2D eigenvalue weighted by Crippen LogP contribution is 1.82. The Kier molecular flexibility index (Phi) is 7.37. The molecule has 0 bridgehead atoms. The van der Waals surface area contributed by atoms with Crippen molar-refractivity contribution in [3.63, 3.8) is 0 Å². The number of hydrogen-bond donors (Lipinski definition) is 0. The van der Waals surface area contributed by atoms with Crippen molar-refractivity contribution in [3.8, 4) is 0 Å². The number of rotatable bonds is 0. The number of halogens is 2. The second kappa shape index (κ2) is 5.79. The van der Waals surface area contributed by atoms with Crippen LogP contribution in [0.5, 0.6) is 0 Å². The summed E-state index contributed by atoms with van der Waals surface area (Å²) in [5, 5.41) is 0. The lowest BCUT2D eigenvalue weighted by atomic mass is 10.3. The molecule has 0 atom stereocenters. The van der Waals surface area contributed by atoms with Gasteiger partial charge in [-0.05, 0) is 12.2 Å². The van der Waals surface area contributed by atoms with Crippen molar-refractivity contribution in [2.75, 3.05) is 6.54 Å². The monoisotopic (exact) mass is 167 g/mol. The molecule has 9 heavy (non-hydrogen) atoms. The molecule has 0 unspecified atom stereocenters. The number of carbonyl (C=O) groups is 1. The number of hydrogen-bond acceptors (Lipinski definition) is 2. The fraction of sp³-hybridized carbons (Fsp3) is 0.200. The molecule has 4 heteroatoms. The minimum absolute atomic E-state index is 0. The summed E-state index contributed by atoms with van der Waals surface area (Å²) in [4.78, 5) is 14.0. The van der Waals surface area contributed by atoms with Crippen LogP contribution in [0.3, 0.4) is 0 Å². The maximum absolute atomic E-state index is 10.3. The Hall–Kier alpha value is -0.340. The average Bonchev–Trinajstić information content (AvgIpc) is 1.69. The normalized spacial score (nSPS) is 14.0. The van der Waals surface area contributed by atoms with E-state index in [1.165, 1.54) is 6.08 Å². The Morgan fingerprint density at radius 3 is 2.33 bits per heavy atom. The Bertz CT molecular complexity index is 142. The van der Waals surface area contributed by atoms with E-state index in [2.05, 4.69) is 4.99 Å². The first-order valence-corrected chi connectivity index (χ1v) is 2.09. The molecule has 0 aromatic heterocycles. The fourth-order valence-electron chi connectivity index (χ4n) is 0.407. The van der Waals surface area contributed by atoms with Crippen LogP contribution < -0.4 is 0 Å². The van der Waals surface area contributed by atoms with E-state index in [-0.39, 0.29) is 30.6 Å². The van der Waals surface area contributed by atoms with Crippen molar-refractivity contribution in [2.45, 2.75) is 0 Å². The van der Waals surface area contributed by atoms with E-state index in [0.29, 0.717) is 6.54 Å². The van der Waals surface area contributed by atoms with Crippen molar-refractivity contribution >= 4 is 36.8 Å². The molecule has 0 amide bonds. The van der Waals surface area contributed by atoms with Gasteiger partial charge in [-0.15, -0.1) is 24.8 Å². The van der Waals surface area contributed by atoms with E-state index >= 15 is 0 Å². The first kappa shape index (κ1) is 11.5. The lowest BCUT2D eigenvalue weighted by Crippen LogP contribution is -2.00. The summed E-state index contributed by atoms with van der Waals surface area (Å²) in [6.45, 7) is 0.330. The molecular formula is C5H7Cl2NO. The topological polar surface area (TPSA) is 29.4 Å². The predicted molar refractivity (Wildman–Crippen MR) is 42.0 cm³/mol. The number of ketones is 1. The zero-order valence-corrected chi connectivity index (χ0v) is 6.24. The minimum Gasteiger partial charge on any atom is -0.293 e. The Morgan fingerprint density at radius 2 is 2.11 bits per heavy atom. The summed E-state index contributed by atoms with van der Waals surface area (Å²) < 4.78 is 0. The number of aliphatic imine (C=N–C) groups is 1. The number of dihydropyridines is 1. The molecular weight excluding hydrogens is 161 g/mol. The molecule has 0 saturated heterocycles. The van der Waals surface area contributed by atoms with Crippen molar-refractivity contribution in [1.82, 2.24) is 0 Å². The molecule has 0 aromatic carbocycles. The zero-order chi connectivity index (χ0) is 5.11. The van der Waals surface area contributed by atoms with E-state index in [0.717, 1.165) is 0 Å². The molecule has 2 nitrogen and oxygen atoms in total. The van der Waals surface area contributed by atoms with Gasteiger partial charge < -0.3 is 0 Å². The van der Waals surface area contributed by atoms with Crippen molar-refractivity contribution in [3.05, 3.63) is 12.2 Å². The Morgan fingerprint density at radius 1 is 1.44 bits per heavy atom. The standard InChI is InChI=1S/C5H5NO.2ClH/c7-5-2-1-3-6-4-5;;/h1-3H,4H2;2*1H.